The van der Waals surface area contributed by atoms with E-state index in [1.165, 1.54) is 5.56 Å². The van der Waals surface area contributed by atoms with E-state index in [1.54, 1.807) is 4.68 Å². The lowest BCUT2D eigenvalue weighted by Gasteiger charge is -2.24. The summed E-state index contributed by atoms with van der Waals surface area (Å²) < 4.78 is 3.92. The SMILES string of the molecule is Cn1cc([C@@H]2CCCN2C(=O)c2ccc(Cn3cccc3)cc2)cn1. The van der Waals surface area contributed by atoms with Crippen molar-refractivity contribution in [3.8, 4) is 0 Å². The Morgan fingerprint density at radius 3 is 2.64 bits per heavy atom. The van der Waals surface area contributed by atoms with Crippen LogP contribution in [0.15, 0.2) is 61.2 Å². The Morgan fingerprint density at radius 2 is 1.96 bits per heavy atom. The summed E-state index contributed by atoms with van der Waals surface area (Å²) in [6.45, 7) is 1.63. The highest BCUT2D eigenvalue weighted by Gasteiger charge is 2.31. The molecule has 0 bridgehead atoms. The average Bonchev–Trinajstić information content (AvgIpc) is 3.36. The van der Waals surface area contributed by atoms with Crippen LogP contribution in [-0.2, 0) is 13.6 Å². The van der Waals surface area contributed by atoms with Gasteiger partial charge in [0.25, 0.3) is 5.91 Å². The van der Waals surface area contributed by atoms with Gasteiger partial charge in [0.1, 0.15) is 0 Å². The molecule has 0 aliphatic carbocycles. The number of carbonyl (C=O) groups excluding carboxylic acids is 1. The minimum atomic E-state index is 0.110. The van der Waals surface area contributed by atoms with E-state index in [4.69, 9.17) is 0 Å². The first-order valence-electron chi connectivity index (χ1n) is 8.70. The first-order chi connectivity index (χ1) is 12.2. The number of rotatable bonds is 4. The monoisotopic (exact) mass is 334 g/mol. The Hall–Kier alpha value is -2.82. The smallest absolute Gasteiger partial charge is 0.254 e. The van der Waals surface area contributed by atoms with Crippen LogP contribution in [0.5, 0.6) is 0 Å². The molecular weight excluding hydrogens is 312 g/mol. The van der Waals surface area contributed by atoms with E-state index in [-0.39, 0.29) is 11.9 Å². The third-order valence-electron chi connectivity index (χ3n) is 4.86. The van der Waals surface area contributed by atoms with Crippen molar-refractivity contribution in [2.75, 3.05) is 6.54 Å². The molecule has 3 aromatic rings. The Morgan fingerprint density at radius 1 is 1.20 bits per heavy atom. The molecule has 4 rings (SSSR count). The van der Waals surface area contributed by atoms with Crippen molar-refractivity contribution < 1.29 is 4.79 Å². The van der Waals surface area contributed by atoms with Crippen LogP contribution < -0.4 is 0 Å². The van der Waals surface area contributed by atoms with Gasteiger partial charge in [0.2, 0.25) is 0 Å². The van der Waals surface area contributed by atoms with Crippen LogP contribution in [0.3, 0.4) is 0 Å². The van der Waals surface area contributed by atoms with Crippen molar-refractivity contribution in [3.63, 3.8) is 0 Å². The minimum absolute atomic E-state index is 0.110. The van der Waals surface area contributed by atoms with Gasteiger partial charge in [-0.1, -0.05) is 12.1 Å². The number of amides is 1. The standard InChI is InChI=1S/C20H22N4O/c1-22-15-18(13-21-22)19-5-4-12-24(19)20(25)17-8-6-16(7-9-17)14-23-10-2-3-11-23/h2-3,6-11,13,15,19H,4-5,12,14H2,1H3/t19-/m0/s1. The predicted octanol–water partition coefficient (Wildman–Crippen LogP) is 3.25. The summed E-state index contributed by atoms with van der Waals surface area (Å²) in [6.07, 6.45) is 10.0. The third kappa shape index (κ3) is 3.22. The van der Waals surface area contributed by atoms with Gasteiger partial charge in [-0.2, -0.15) is 5.10 Å². The van der Waals surface area contributed by atoms with Crippen LogP contribution in [0.2, 0.25) is 0 Å². The second-order valence-electron chi connectivity index (χ2n) is 6.66. The molecule has 0 N–H and O–H groups in total. The van der Waals surface area contributed by atoms with E-state index in [0.29, 0.717) is 0 Å². The lowest BCUT2D eigenvalue weighted by molar-refractivity contribution is 0.0735. The number of carbonyl (C=O) groups is 1. The maximum absolute atomic E-state index is 13.0. The Labute approximate surface area is 147 Å². The molecule has 25 heavy (non-hydrogen) atoms. The summed E-state index contributed by atoms with van der Waals surface area (Å²) in [4.78, 5) is 14.9. The molecule has 2 aromatic heterocycles. The van der Waals surface area contributed by atoms with Crippen molar-refractivity contribution in [2.45, 2.75) is 25.4 Å². The van der Waals surface area contributed by atoms with Gasteiger partial charge < -0.3 is 9.47 Å². The van der Waals surface area contributed by atoms with Gasteiger partial charge in [-0.05, 0) is 42.7 Å². The van der Waals surface area contributed by atoms with Crippen LogP contribution in [0.25, 0.3) is 0 Å². The molecule has 3 heterocycles. The van der Waals surface area contributed by atoms with Crippen molar-refractivity contribution in [1.82, 2.24) is 19.2 Å². The fourth-order valence-electron chi connectivity index (χ4n) is 3.57. The molecule has 1 saturated heterocycles. The number of likely N-dealkylation sites (tertiary alicyclic amines) is 1. The molecule has 5 nitrogen and oxygen atoms in total. The summed E-state index contributed by atoms with van der Waals surface area (Å²) in [7, 11) is 1.91. The Bertz CT molecular complexity index is 848. The van der Waals surface area contributed by atoms with Crippen molar-refractivity contribution in [1.29, 1.82) is 0 Å². The molecule has 1 atom stereocenters. The van der Waals surface area contributed by atoms with E-state index < -0.39 is 0 Å². The Balaban J connectivity index is 1.50. The largest absolute Gasteiger partial charge is 0.350 e. The number of benzene rings is 1. The summed E-state index contributed by atoms with van der Waals surface area (Å²) in [5, 5.41) is 4.25. The van der Waals surface area contributed by atoms with Crippen LogP contribution in [0.4, 0.5) is 0 Å². The van der Waals surface area contributed by atoms with Crippen molar-refractivity contribution in [2.24, 2.45) is 7.05 Å². The van der Waals surface area contributed by atoms with Crippen LogP contribution in [0, 0.1) is 0 Å². The van der Waals surface area contributed by atoms with E-state index in [1.807, 2.05) is 73.1 Å². The minimum Gasteiger partial charge on any atom is -0.350 e. The second-order valence-corrected chi connectivity index (χ2v) is 6.66. The average molecular weight is 334 g/mol. The molecule has 0 spiro atoms. The molecule has 0 unspecified atom stereocenters. The van der Waals surface area contributed by atoms with Gasteiger partial charge in [-0.15, -0.1) is 0 Å². The summed E-state index contributed by atoms with van der Waals surface area (Å²) in [5.41, 5.74) is 3.07. The molecule has 5 heteroatoms. The number of aromatic nitrogens is 3. The van der Waals surface area contributed by atoms with E-state index >= 15 is 0 Å². The van der Waals surface area contributed by atoms with E-state index in [2.05, 4.69) is 9.67 Å². The van der Waals surface area contributed by atoms with Crippen LogP contribution >= 0.6 is 0 Å². The fourth-order valence-corrected chi connectivity index (χ4v) is 3.57. The fraction of sp³-hybridized carbons (Fsp3) is 0.300. The second kappa shape index (κ2) is 6.59. The third-order valence-corrected chi connectivity index (χ3v) is 4.86. The lowest BCUT2D eigenvalue weighted by Crippen LogP contribution is -2.30. The van der Waals surface area contributed by atoms with Crippen molar-refractivity contribution >= 4 is 5.91 Å². The van der Waals surface area contributed by atoms with Gasteiger partial charge in [0, 0.05) is 49.9 Å². The zero-order chi connectivity index (χ0) is 17.2. The number of aryl methyl sites for hydroxylation is 1. The molecule has 1 fully saturated rings. The highest BCUT2D eigenvalue weighted by Crippen LogP contribution is 2.32. The van der Waals surface area contributed by atoms with Gasteiger partial charge >= 0.3 is 0 Å². The topological polar surface area (TPSA) is 43.1 Å². The highest BCUT2D eigenvalue weighted by atomic mass is 16.2. The summed E-state index contributed by atoms with van der Waals surface area (Å²) in [5.74, 6) is 0.110. The summed E-state index contributed by atoms with van der Waals surface area (Å²) in [6, 6.07) is 12.2. The molecule has 1 aliphatic rings. The molecule has 1 amide bonds. The highest BCUT2D eigenvalue weighted by molar-refractivity contribution is 5.94. The maximum atomic E-state index is 13.0. The summed E-state index contributed by atoms with van der Waals surface area (Å²) >= 11 is 0. The molecular formula is C20H22N4O. The van der Waals surface area contributed by atoms with Gasteiger partial charge in [-0.25, -0.2) is 0 Å². The lowest BCUT2D eigenvalue weighted by atomic mass is 10.1. The maximum Gasteiger partial charge on any atom is 0.254 e. The molecule has 1 aromatic carbocycles. The Kier molecular flexibility index (Phi) is 4.14. The number of hydrogen-bond donors (Lipinski definition) is 0. The zero-order valence-corrected chi connectivity index (χ0v) is 14.4. The quantitative estimate of drug-likeness (QED) is 0.735. The number of hydrogen-bond acceptors (Lipinski definition) is 2. The first-order valence-corrected chi connectivity index (χ1v) is 8.70. The van der Waals surface area contributed by atoms with Crippen molar-refractivity contribution in [3.05, 3.63) is 77.9 Å². The van der Waals surface area contributed by atoms with Gasteiger partial charge in [0.05, 0.1) is 12.2 Å². The normalized spacial score (nSPS) is 17.2. The first kappa shape index (κ1) is 15.7. The van der Waals surface area contributed by atoms with E-state index in [0.717, 1.165) is 37.1 Å². The van der Waals surface area contributed by atoms with Crippen LogP contribution in [-0.4, -0.2) is 31.7 Å². The van der Waals surface area contributed by atoms with Gasteiger partial charge in [0.15, 0.2) is 0 Å². The van der Waals surface area contributed by atoms with Crippen LogP contribution in [0.1, 0.15) is 40.4 Å². The molecule has 0 saturated carbocycles. The predicted molar refractivity (Wildman–Crippen MR) is 96.2 cm³/mol. The zero-order valence-electron chi connectivity index (χ0n) is 14.4. The van der Waals surface area contributed by atoms with E-state index in [9.17, 15) is 4.79 Å². The molecule has 128 valence electrons. The molecule has 0 radical (unpaired) electrons. The molecule has 1 aliphatic heterocycles. The number of nitrogens with zero attached hydrogens (tertiary/aromatic N) is 4. The van der Waals surface area contributed by atoms with Gasteiger partial charge in [-0.3, -0.25) is 9.48 Å².